The third-order valence-corrected chi connectivity index (χ3v) is 7.48. The molecule has 3 aromatic rings. The third-order valence-electron chi connectivity index (χ3n) is 7.48. The molecule has 1 aliphatic carbocycles. The summed E-state index contributed by atoms with van der Waals surface area (Å²) in [5, 5.41) is 21.6. The molecule has 1 amide bonds. The van der Waals surface area contributed by atoms with Crippen LogP contribution in [0.4, 0.5) is 0 Å². The number of fused-ring (bicyclic) bond motifs is 1. The number of ether oxygens (including phenoxy) is 2. The van der Waals surface area contributed by atoms with Gasteiger partial charge in [-0.15, -0.1) is 0 Å². The number of amides is 1. The van der Waals surface area contributed by atoms with Crippen LogP contribution in [0.5, 0.6) is 11.6 Å². The smallest absolute Gasteiger partial charge is 0.277 e. The number of aliphatic hydroxyl groups excluding tert-OH is 1. The first kappa shape index (κ1) is 25.4. The van der Waals surface area contributed by atoms with Gasteiger partial charge in [0.25, 0.3) is 11.8 Å². The maximum atomic E-state index is 13.7. The largest absolute Gasteiger partial charge is 0.491 e. The Morgan fingerprint density at radius 1 is 1.27 bits per heavy atom. The highest BCUT2D eigenvalue weighted by Gasteiger charge is 2.39. The summed E-state index contributed by atoms with van der Waals surface area (Å²) in [5.74, 6) is -0.348. The van der Waals surface area contributed by atoms with E-state index in [1.54, 1.807) is 11.1 Å². The predicted octanol–water partition coefficient (Wildman–Crippen LogP) is 3.06. The SMILES string of the molecule is CCCCOc1c(O)nc(CC2(n3ccc4cccnc43)CCCC2)nc1C(=O)N(CCO)C1COC1. The number of nitrogens with zero attached hydrogens (tertiary/aromatic N) is 5. The minimum atomic E-state index is -0.402. The highest BCUT2D eigenvalue weighted by molar-refractivity contribution is 5.96. The van der Waals surface area contributed by atoms with Crippen molar-refractivity contribution in [2.24, 2.45) is 0 Å². The number of unbranched alkanes of at least 4 members (excludes halogenated alkanes) is 1. The van der Waals surface area contributed by atoms with Crippen molar-refractivity contribution in [2.75, 3.05) is 33.0 Å². The molecule has 0 spiro atoms. The number of pyridine rings is 1. The van der Waals surface area contributed by atoms with Gasteiger partial charge >= 0.3 is 0 Å². The van der Waals surface area contributed by atoms with Crippen LogP contribution < -0.4 is 4.74 Å². The van der Waals surface area contributed by atoms with E-state index in [9.17, 15) is 15.0 Å². The molecule has 2 aliphatic rings. The molecule has 0 aromatic carbocycles. The van der Waals surface area contributed by atoms with Crippen molar-refractivity contribution in [2.45, 2.75) is 63.5 Å². The summed E-state index contributed by atoms with van der Waals surface area (Å²) >= 11 is 0. The maximum absolute atomic E-state index is 13.7. The van der Waals surface area contributed by atoms with Gasteiger partial charge in [0.1, 0.15) is 11.5 Å². The first-order valence-electron chi connectivity index (χ1n) is 13.2. The number of aliphatic hydroxyl groups is 1. The standard InChI is InChI=1S/C27H35N5O5/c1-2-3-15-37-23-22(26(35)31(13-14-33)20-17-36-18-20)29-21(30-25(23)34)16-27(9-4-5-10-27)32-12-8-19-7-6-11-28-24(19)32/h6-8,11-12,20,33H,2-5,9-10,13-18H2,1H3,(H,29,30,34). The van der Waals surface area contributed by atoms with E-state index in [0.29, 0.717) is 32.1 Å². The van der Waals surface area contributed by atoms with Crippen molar-refractivity contribution in [3.63, 3.8) is 0 Å². The van der Waals surface area contributed by atoms with Crippen molar-refractivity contribution in [3.05, 3.63) is 42.1 Å². The Bertz CT molecular complexity index is 1240. The average Bonchev–Trinajstić information content (AvgIpc) is 3.51. The highest BCUT2D eigenvalue weighted by Crippen LogP contribution is 2.42. The van der Waals surface area contributed by atoms with Gasteiger partial charge in [-0.2, -0.15) is 4.98 Å². The summed E-state index contributed by atoms with van der Waals surface area (Å²) in [5.41, 5.74) is 0.631. The summed E-state index contributed by atoms with van der Waals surface area (Å²) in [6.45, 7) is 3.14. The monoisotopic (exact) mass is 509 g/mol. The molecule has 2 N–H and O–H groups in total. The molecule has 0 unspecified atom stereocenters. The Labute approximate surface area is 216 Å². The van der Waals surface area contributed by atoms with E-state index < -0.39 is 5.91 Å². The molecule has 198 valence electrons. The minimum Gasteiger partial charge on any atom is -0.491 e. The van der Waals surface area contributed by atoms with Crippen molar-refractivity contribution in [1.82, 2.24) is 24.4 Å². The zero-order valence-electron chi connectivity index (χ0n) is 21.3. The topological polar surface area (TPSA) is 123 Å². The summed E-state index contributed by atoms with van der Waals surface area (Å²) in [4.78, 5) is 29.0. The molecular formula is C27H35N5O5. The van der Waals surface area contributed by atoms with Crippen molar-refractivity contribution < 1.29 is 24.5 Å². The van der Waals surface area contributed by atoms with Crippen LogP contribution in [0.15, 0.2) is 30.6 Å². The lowest BCUT2D eigenvalue weighted by Crippen LogP contribution is -2.53. The molecular weight excluding hydrogens is 474 g/mol. The molecule has 0 radical (unpaired) electrons. The quantitative estimate of drug-likeness (QED) is 0.378. The Morgan fingerprint density at radius 3 is 2.78 bits per heavy atom. The fourth-order valence-corrected chi connectivity index (χ4v) is 5.44. The number of hydrogen-bond acceptors (Lipinski definition) is 8. The molecule has 2 fully saturated rings. The van der Waals surface area contributed by atoms with Crippen molar-refractivity contribution in [1.29, 1.82) is 0 Å². The molecule has 0 bridgehead atoms. The summed E-state index contributed by atoms with van der Waals surface area (Å²) in [6.07, 6.45) is 9.95. The van der Waals surface area contributed by atoms with Gasteiger partial charge in [-0.05, 0) is 37.5 Å². The third kappa shape index (κ3) is 5.00. The second-order valence-corrected chi connectivity index (χ2v) is 9.97. The van der Waals surface area contributed by atoms with Crippen LogP contribution in [0.3, 0.4) is 0 Å². The molecule has 10 nitrogen and oxygen atoms in total. The van der Waals surface area contributed by atoms with Crippen LogP contribution in [0.25, 0.3) is 11.0 Å². The lowest BCUT2D eigenvalue weighted by molar-refractivity contribution is -0.0572. The van der Waals surface area contributed by atoms with E-state index in [-0.39, 0.29) is 42.1 Å². The van der Waals surface area contributed by atoms with E-state index in [1.807, 2.05) is 19.1 Å². The second kappa shape index (κ2) is 11.0. The first-order valence-corrected chi connectivity index (χ1v) is 13.2. The molecule has 10 heteroatoms. The van der Waals surface area contributed by atoms with Crippen LogP contribution >= 0.6 is 0 Å². The summed E-state index contributed by atoms with van der Waals surface area (Å²) in [7, 11) is 0. The Balaban J connectivity index is 1.53. The van der Waals surface area contributed by atoms with Gasteiger partial charge in [-0.3, -0.25) is 4.79 Å². The van der Waals surface area contributed by atoms with Gasteiger partial charge in [-0.25, -0.2) is 9.97 Å². The van der Waals surface area contributed by atoms with Crippen LogP contribution in [0.1, 0.15) is 61.8 Å². The van der Waals surface area contributed by atoms with Gasteiger partial charge in [0, 0.05) is 30.7 Å². The Morgan fingerprint density at radius 2 is 2.08 bits per heavy atom. The number of carbonyl (C=O) groups excluding carboxylic acids is 1. The van der Waals surface area contributed by atoms with E-state index in [1.165, 1.54) is 0 Å². The van der Waals surface area contributed by atoms with Gasteiger partial charge in [0.15, 0.2) is 5.69 Å². The molecule has 3 aromatic heterocycles. The fraction of sp³-hybridized carbons (Fsp3) is 0.556. The number of carbonyl (C=O) groups is 1. The van der Waals surface area contributed by atoms with E-state index in [2.05, 4.69) is 26.8 Å². The molecule has 1 saturated heterocycles. The number of aromatic nitrogens is 4. The minimum absolute atomic E-state index is 0.000987. The molecule has 5 rings (SSSR count). The zero-order chi connectivity index (χ0) is 25.8. The molecule has 0 atom stereocenters. The molecule has 4 heterocycles. The van der Waals surface area contributed by atoms with Crippen LogP contribution in [0.2, 0.25) is 0 Å². The number of aromatic hydroxyl groups is 1. The number of rotatable bonds is 11. The normalized spacial score (nSPS) is 17.1. The van der Waals surface area contributed by atoms with Gasteiger partial charge in [0.05, 0.1) is 38.0 Å². The Hall–Kier alpha value is -3.24. The van der Waals surface area contributed by atoms with E-state index in [0.717, 1.165) is 49.6 Å². The molecule has 1 aliphatic heterocycles. The maximum Gasteiger partial charge on any atom is 0.277 e. The van der Waals surface area contributed by atoms with E-state index >= 15 is 0 Å². The first-order chi connectivity index (χ1) is 18.1. The highest BCUT2D eigenvalue weighted by atomic mass is 16.5. The average molecular weight is 510 g/mol. The predicted molar refractivity (Wildman–Crippen MR) is 137 cm³/mol. The zero-order valence-corrected chi connectivity index (χ0v) is 21.3. The van der Waals surface area contributed by atoms with Crippen molar-refractivity contribution in [3.8, 4) is 11.6 Å². The lowest BCUT2D eigenvalue weighted by atomic mass is 9.92. The van der Waals surface area contributed by atoms with Gasteiger partial charge in [-0.1, -0.05) is 26.2 Å². The fourth-order valence-electron chi connectivity index (χ4n) is 5.44. The van der Waals surface area contributed by atoms with Crippen molar-refractivity contribution >= 4 is 16.9 Å². The van der Waals surface area contributed by atoms with Crippen LogP contribution in [0, 0.1) is 0 Å². The molecule has 1 saturated carbocycles. The Kier molecular flexibility index (Phi) is 7.57. The summed E-state index contributed by atoms with van der Waals surface area (Å²) < 4.78 is 13.3. The van der Waals surface area contributed by atoms with Crippen LogP contribution in [-0.4, -0.2) is 79.6 Å². The van der Waals surface area contributed by atoms with Gasteiger partial charge < -0.3 is 29.2 Å². The second-order valence-electron chi connectivity index (χ2n) is 9.97. The molecule has 37 heavy (non-hydrogen) atoms. The van der Waals surface area contributed by atoms with E-state index in [4.69, 9.17) is 14.5 Å². The van der Waals surface area contributed by atoms with Gasteiger partial charge in [0.2, 0.25) is 5.75 Å². The lowest BCUT2D eigenvalue weighted by Gasteiger charge is -2.37. The summed E-state index contributed by atoms with van der Waals surface area (Å²) in [6, 6.07) is 5.88. The number of hydrogen-bond donors (Lipinski definition) is 2. The van der Waals surface area contributed by atoms with Crippen LogP contribution in [-0.2, 0) is 16.7 Å².